The Kier molecular flexibility index (Phi) is 9.61. The van der Waals surface area contributed by atoms with Crippen molar-refractivity contribution in [3.05, 3.63) is 77.9 Å². The van der Waals surface area contributed by atoms with Crippen molar-refractivity contribution < 1.29 is 14.4 Å². The number of hydrogen-bond acceptors (Lipinski definition) is 4. The number of hydrogen-bond donors (Lipinski definition) is 1. The van der Waals surface area contributed by atoms with Crippen molar-refractivity contribution in [1.82, 2.24) is 10.4 Å². The molecule has 1 fully saturated rings. The molecule has 166 valence electrons. The van der Waals surface area contributed by atoms with E-state index in [1.807, 2.05) is 61.5 Å². The molecule has 2 aromatic carbocycles. The first-order valence-corrected chi connectivity index (χ1v) is 11.2. The van der Waals surface area contributed by atoms with Crippen LogP contribution in [-0.4, -0.2) is 37.2 Å². The number of benzene rings is 2. The van der Waals surface area contributed by atoms with Crippen molar-refractivity contribution in [2.45, 2.75) is 45.3 Å². The SMILES string of the molecule is CC(Cc1ccc(OCC=CCC2CCNCC2)cc1)N(C=O)OCc1ccccc1. The van der Waals surface area contributed by atoms with E-state index in [9.17, 15) is 4.79 Å². The van der Waals surface area contributed by atoms with Crippen LogP contribution in [0.1, 0.15) is 37.3 Å². The summed E-state index contributed by atoms with van der Waals surface area (Å²) < 4.78 is 5.82. The van der Waals surface area contributed by atoms with Crippen molar-refractivity contribution in [1.29, 1.82) is 0 Å². The smallest absolute Gasteiger partial charge is 0.233 e. The number of allylic oxidation sites excluding steroid dienone is 1. The minimum Gasteiger partial charge on any atom is -0.490 e. The van der Waals surface area contributed by atoms with Gasteiger partial charge < -0.3 is 10.1 Å². The maximum atomic E-state index is 11.5. The number of amides is 1. The van der Waals surface area contributed by atoms with E-state index in [0.717, 1.165) is 48.7 Å². The van der Waals surface area contributed by atoms with E-state index in [1.165, 1.54) is 17.9 Å². The molecule has 31 heavy (non-hydrogen) atoms. The Hall–Kier alpha value is -2.63. The van der Waals surface area contributed by atoms with Crippen LogP contribution in [0.3, 0.4) is 0 Å². The summed E-state index contributed by atoms with van der Waals surface area (Å²) in [5, 5.41) is 4.79. The van der Waals surface area contributed by atoms with E-state index in [1.54, 1.807) is 0 Å². The molecule has 1 saturated heterocycles. The first-order chi connectivity index (χ1) is 15.2. The van der Waals surface area contributed by atoms with Gasteiger partial charge in [-0.15, -0.1) is 0 Å². The highest BCUT2D eigenvalue weighted by molar-refractivity contribution is 5.46. The van der Waals surface area contributed by atoms with Crippen LogP contribution in [0.15, 0.2) is 66.7 Å². The third kappa shape index (κ3) is 8.19. The van der Waals surface area contributed by atoms with Crippen molar-refractivity contribution in [3.63, 3.8) is 0 Å². The molecule has 1 atom stereocenters. The summed E-state index contributed by atoms with van der Waals surface area (Å²) in [5.41, 5.74) is 2.17. The molecule has 0 aliphatic carbocycles. The number of rotatable bonds is 12. The summed E-state index contributed by atoms with van der Waals surface area (Å²) in [6, 6.07) is 17.8. The topological polar surface area (TPSA) is 50.8 Å². The Balaban J connectivity index is 1.38. The molecule has 0 radical (unpaired) electrons. The average Bonchev–Trinajstić information content (AvgIpc) is 2.82. The van der Waals surface area contributed by atoms with Gasteiger partial charge in [-0.1, -0.05) is 54.6 Å². The first kappa shape index (κ1) is 23.0. The molecule has 1 N–H and O–H groups in total. The van der Waals surface area contributed by atoms with E-state index in [4.69, 9.17) is 9.57 Å². The van der Waals surface area contributed by atoms with Gasteiger partial charge in [-0.05, 0) is 74.9 Å². The third-order valence-corrected chi connectivity index (χ3v) is 5.66. The van der Waals surface area contributed by atoms with E-state index in [0.29, 0.717) is 19.6 Å². The van der Waals surface area contributed by atoms with Crippen LogP contribution in [0.5, 0.6) is 5.75 Å². The summed E-state index contributed by atoms with van der Waals surface area (Å²) in [7, 11) is 0. The lowest BCUT2D eigenvalue weighted by atomic mass is 9.95. The molecule has 1 aliphatic rings. The molecule has 1 heterocycles. The molecule has 0 aromatic heterocycles. The predicted molar refractivity (Wildman–Crippen MR) is 124 cm³/mol. The quantitative estimate of drug-likeness (QED) is 0.310. The minimum absolute atomic E-state index is 0.0640. The Morgan fingerprint density at radius 2 is 1.77 bits per heavy atom. The Bertz CT molecular complexity index is 786. The highest BCUT2D eigenvalue weighted by atomic mass is 16.7. The molecule has 0 saturated carbocycles. The zero-order chi connectivity index (χ0) is 21.7. The van der Waals surface area contributed by atoms with Crippen molar-refractivity contribution in [3.8, 4) is 5.75 Å². The molecule has 1 unspecified atom stereocenters. The maximum Gasteiger partial charge on any atom is 0.233 e. The molecular formula is C26H34N2O3. The number of nitrogens with zero attached hydrogens (tertiary/aromatic N) is 1. The summed E-state index contributed by atoms with van der Waals surface area (Å²) >= 11 is 0. The van der Waals surface area contributed by atoms with Crippen LogP contribution in [-0.2, 0) is 22.7 Å². The number of ether oxygens (including phenoxy) is 1. The van der Waals surface area contributed by atoms with Crippen LogP contribution in [0.4, 0.5) is 0 Å². The lowest BCUT2D eigenvalue weighted by Crippen LogP contribution is -2.33. The van der Waals surface area contributed by atoms with Gasteiger partial charge in [-0.3, -0.25) is 9.63 Å². The second-order valence-electron chi connectivity index (χ2n) is 8.13. The monoisotopic (exact) mass is 422 g/mol. The summed E-state index contributed by atoms with van der Waals surface area (Å²) in [6.45, 7) is 5.24. The van der Waals surface area contributed by atoms with Gasteiger partial charge in [-0.2, -0.15) is 0 Å². The highest BCUT2D eigenvalue weighted by Crippen LogP contribution is 2.17. The number of hydroxylamine groups is 2. The fourth-order valence-electron chi connectivity index (χ4n) is 3.76. The molecule has 1 aliphatic heterocycles. The standard InChI is InChI=1S/C26H34N2O3/c1-22(28(21-29)31-20-25-8-3-2-4-9-25)19-24-10-12-26(13-11-24)30-18-6-5-7-23-14-16-27-17-15-23/h2-6,8-13,21-23,27H,7,14-20H2,1H3. The number of carbonyl (C=O) groups excluding carboxylic acids is 1. The van der Waals surface area contributed by atoms with Gasteiger partial charge in [-0.25, -0.2) is 5.06 Å². The summed E-state index contributed by atoms with van der Waals surface area (Å²) in [5.74, 6) is 1.66. The second kappa shape index (κ2) is 12.9. The van der Waals surface area contributed by atoms with Crippen LogP contribution in [0.2, 0.25) is 0 Å². The Labute approximate surface area is 186 Å². The summed E-state index contributed by atoms with van der Waals surface area (Å²) in [4.78, 5) is 17.1. The first-order valence-electron chi connectivity index (χ1n) is 11.2. The fraction of sp³-hybridized carbons (Fsp3) is 0.423. The molecule has 5 nitrogen and oxygen atoms in total. The maximum absolute atomic E-state index is 11.5. The zero-order valence-corrected chi connectivity index (χ0v) is 18.4. The fourth-order valence-corrected chi connectivity index (χ4v) is 3.76. The third-order valence-electron chi connectivity index (χ3n) is 5.66. The Morgan fingerprint density at radius 3 is 2.48 bits per heavy atom. The molecule has 1 amide bonds. The summed E-state index contributed by atoms with van der Waals surface area (Å²) in [6.07, 6.45) is 9.50. The van der Waals surface area contributed by atoms with Gasteiger partial charge in [0.15, 0.2) is 0 Å². The molecular weight excluding hydrogens is 388 g/mol. The van der Waals surface area contributed by atoms with E-state index >= 15 is 0 Å². The average molecular weight is 423 g/mol. The van der Waals surface area contributed by atoms with E-state index < -0.39 is 0 Å². The van der Waals surface area contributed by atoms with Gasteiger partial charge in [0.1, 0.15) is 19.0 Å². The van der Waals surface area contributed by atoms with Crippen LogP contribution in [0, 0.1) is 5.92 Å². The lowest BCUT2D eigenvalue weighted by Gasteiger charge is -2.24. The molecule has 0 spiro atoms. The van der Waals surface area contributed by atoms with Crippen LogP contribution < -0.4 is 10.1 Å². The predicted octanol–water partition coefficient (Wildman–Crippen LogP) is 4.53. The lowest BCUT2D eigenvalue weighted by molar-refractivity contribution is -0.190. The van der Waals surface area contributed by atoms with E-state index in [-0.39, 0.29) is 6.04 Å². The van der Waals surface area contributed by atoms with Gasteiger partial charge in [0.2, 0.25) is 6.41 Å². The number of carbonyl (C=O) groups is 1. The van der Waals surface area contributed by atoms with Crippen LogP contribution >= 0.6 is 0 Å². The largest absolute Gasteiger partial charge is 0.490 e. The van der Waals surface area contributed by atoms with Gasteiger partial charge >= 0.3 is 0 Å². The van der Waals surface area contributed by atoms with Crippen molar-refractivity contribution in [2.24, 2.45) is 5.92 Å². The van der Waals surface area contributed by atoms with Gasteiger partial charge in [0.25, 0.3) is 0 Å². The highest BCUT2D eigenvalue weighted by Gasteiger charge is 2.14. The molecule has 0 bridgehead atoms. The molecule has 3 rings (SSSR count). The van der Waals surface area contributed by atoms with Gasteiger partial charge in [0.05, 0.1) is 6.04 Å². The normalized spacial score (nSPS) is 15.6. The Morgan fingerprint density at radius 1 is 1.03 bits per heavy atom. The zero-order valence-electron chi connectivity index (χ0n) is 18.4. The van der Waals surface area contributed by atoms with Crippen molar-refractivity contribution >= 4 is 6.41 Å². The van der Waals surface area contributed by atoms with Gasteiger partial charge in [0, 0.05) is 0 Å². The van der Waals surface area contributed by atoms with E-state index in [2.05, 4.69) is 17.5 Å². The second-order valence-corrected chi connectivity index (χ2v) is 8.13. The van der Waals surface area contributed by atoms with Crippen LogP contribution in [0.25, 0.3) is 0 Å². The number of piperidine rings is 1. The molecule has 2 aromatic rings. The minimum atomic E-state index is -0.0640. The molecule has 5 heteroatoms. The van der Waals surface area contributed by atoms with Crippen molar-refractivity contribution in [2.75, 3.05) is 19.7 Å². The number of nitrogens with one attached hydrogen (secondary N) is 1.